The number of nitrogens with zero attached hydrogens (tertiary/aromatic N) is 1. The summed E-state index contributed by atoms with van der Waals surface area (Å²) in [6.07, 6.45) is 2.22. The van der Waals surface area contributed by atoms with Crippen LogP contribution in [0.25, 0.3) is 0 Å². The molecule has 0 radical (unpaired) electrons. The molecular weight excluding hydrogens is 306 g/mol. The van der Waals surface area contributed by atoms with E-state index in [-0.39, 0.29) is 23.2 Å². The van der Waals surface area contributed by atoms with Gasteiger partial charge in [0.25, 0.3) is 5.91 Å². The standard InChI is InChI=1S/C14H15N3O4S/c1-9-7-16-13(21-9)8-17-22(19,20)11-3-2-10-4-5-15-14(18)12(10)6-11/h2-3,6-7,17H,4-5,8H2,1H3,(H,15,18). The molecule has 1 aromatic carbocycles. The van der Waals surface area contributed by atoms with Gasteiger partial charge < -0.3 is 9.73 Å². The first kappa shape index (κ1) is 14.7. The molecule has 116 valence electrons. The number of fused-ring (bicyclic) bond motifs is 1. The second-order valence-electron chi connectivity index (χ2n) is 5.01. The molecule has 2 aromatic rings. The van der Waals surface area contributed by atoms with Crippen LogP contribution in [-0.4, -0.2) is 25.9 Å². The van der Waals surface area contributed by atoms with Crippen molar-refractivity contribution in [3.63, 3.8) is 0 Å². The topological polar surface area (TPSA) is 101 Å². The number of rotatable bonds is 4. The first-order valence-electron chi connectivity index (χ1n) is 6.78. The number of carbonyl (C=O) groups excluding carboxylic acids is 1. The Morgan fingerprint density at radius 1 is 1.41 bits per heavy atom. The smallest absolute Gasteiger partial charge is 0.251 e. The molecule has 0 bridgehead atoms. The van der Waals surface area contributed by atoms with Gasteiger partial charge in [-0.2, -0.15) is 0 Å². The Morgan fingerprint density at radius 3 is 2.95 bits per heavy atom. The highest BCUT2D eigenvalue weighted by molar-refractivity contribution is 7.89. The Labute approximate surface area is 127 Å². The molecule has 1 aromatic heterocycles. The molecule has 0 saturated heterocycles. The van der Waals surface area contributed by atoms with Gasteiger partial charge >= 0.3 is 0 Å². The summed E-state index contributed by atoms with van der Waals surface area (Å²) in [5.41, 5.74) is 1.26. The SMILES string of the molecule is Cc1cnc(CNS(=O)(=O)c2ccc3c(c2)C(=O)NCC3)o1. The van der Waals surface area contributed by atoms with E-state index in [4.69, 9.17) is 4.42 Å². The number of hydrogen-bond acceptors (Lipinski definition) is 5. The summed E-state index contributed by atoms with van der Waals surface area (Å²) in [4.78, 5) is 15.8. The fourth-order valence-corrected chi connectivity index (χ4v) is 3.28. The largest absolute Gasteiger partial charge is 0.445 e. The van der Waals surface area contributed by atoms with E-state index in [1.165, 1.54) is 18.3 Å². The van der Waals surface area contributed by atoms with Crippen molar-refractivity contribution in [1.82, 2.24) is 15.0 Å². The minimum atomic E-state index is -3.74. The molecule has 0 saturated carbocycles. The molecule has 0 aliphatic carbocycles. The molecule has 1 amide bonds. The molecule has 1 aliphatic heterocycles. The van der Waals surface area contributed by atoms with Crippen molar-refractivity contribution in [1.29, 1.82) is 0 Å². The maximum Gasteiger partial charge on any atom is 0.251 e. The van der Waals surface area contributed by atoms with E-state index in [2.05, 4.69) is 15.0 Å². The lowest BCUT2D eigenvalue weighted by atomic mass is 10.0. The molecule has 3 rings (SSSR count). The Balaban J connectivity index is 1.83. The fraction of sp³-hybridized carbons (Fsp3) is 0.286. The van der Waals surface area contributed by atoms with Gasteiger partial charge in [0.05, 0.1) is 17.6 Å². The number of nitrogens with one attached hydrogen (secondary N) is 2. The van der Waals surface area contributed by atoms with Crippen molar-refractivity contribution >= 4 is 15.9 Å². The summed E-state index contributed by atoms with van der Waals surface area (Å²) in [5.74, 6) is 0.651. The molecule has 2 heterocycles. The van der Waals surface area contributed by atoms with Crippen molar-refractivity contribution in [3.05, 3.63) is 47.2 Å². The maximum absolute atomic E-state index is 12.3. The molecule has 1 aliphatic rings. The van der Waals surface area contributed by atoms with Crippen LogP contribution in [0.15, 0.2) is 33.7 Å². The van der Waals surface area contributed by atoms with Gasteiger partial charge in [-0.05, 0) is 31.0 Å². The fourth-order valence-electron chi connectivity index (χ4n) is 2.28. The number of aryl methyl sites for hydroxylation is 1. The third kappa shape index (κ3) is 2.88. The van der Waals surface area contributed by atoms with Crippen molar-refractivity contribution in [2.75, 3.05) is 6.54 Å². The summed E-state index contributed by atoms with van der Waals surface area (Å²) in [7, 11) is -3.74. The Bertz CT molecular complexity index is 826. The van der Waals surface area contributed by atoms with Gasteiger partial charge in [-0.25, -0.2) is 18.1 Å². The molecule has 22 heavy (non-hydrogen) atoms. The minimum Gasteiger partial charge on any atom is -0.445 e. The van der Waals surface area contributed by atoms with Crippen molar-refractivity contribution in [2.24, 2.45) is 0 Å². The van der Waals surface area contributed by atoms with Crippen molar-refractivity contribution in [2.45, 2.75) is 24.8 Å². The van der Waals surface area contributed by atoms with Crippen LogP contribution >= 0.6 is 0 Å². The van der Waals surface area contributed by atoms with E-state index in [0.29, 0.717) is 24.3 Å². The van der Waals surface area contributed by atoms with Gasteiger partial charge in [-0.3, -0.25) is 4.79 Å². The molecule has 2 N–H and O–H groups in total. The lowest BCUT2D eigenvalue weighted by Gasteiger charge is -2.17. The number of hydrogen-bond donors (Lipinski definition) is 2. The van der Waals surface area contributed by atoms with Crippen LogP contribution < -0.4 is 10.0 Å². The Kier molecular flexibility index (Phi) is 3.71. The highest BCUT2D eigenvalue weighted by Gasteiger charge is 2.21. The predicted octanol–water partition coefficient (Wildman–Crippen LogP) is 0.747. The van der Waals surface area contributed by atoms with Gasteiger partial charge in [0.2, 0.25) is 15.9 Å². The number of oxazole rings is 1. The summed E-state index contributed by atoms with van der Waals surface area (Å²) in [5, 5.41) is 2.70. The third-order valence-corrected chi connectivity index (χ3v) is 4.80. The third-order valence-electron chi connectivity index (χ3n) is 3.40. The molecule has 0 spiro atoms. The summed E-state index contributed by atoms with van der Waals surface area (Å²) in [6.45, 7) is 2.26. The van der Waals surface area contributed by atoms with Gasteiger partial charge in [0.1, 0.15) is 5.76 Å². The van der Waals surface area contributed by atoms with E-state index < -0.39 is 10.0 Å². The average molecular weight is 321 g/mol. The van der Waals surface area contributed by atoms with Crippen LogP contribution in [0.5, 0.6) is 0 Å². The number of benzene rings is 1. The second-order valence-corrected chi connectivity index (χ2v) is 6.78. The molecule has 0 atom stereocenters. The second kappa shape index (κ2) is 5.54. The van der Waals surface area contributed by atoms with Gasteiger partial charge in [0.15, 0.2) is 0 Å². The van der Waals surface area contributed by atoms with Crippen LogP contribution in [0.4, 0.5) is 0 Å². The number of sulfonamides is 1. The van der Waals surface area contributed by atoms with Crippen LogP contribution in [0, 0.1) is 6.92 Å². The highest BCUT2D eigenvalue weighted by Crippen LogP contribution is 2.19. The van der Waals surface area contributed by atoms with Crippen LogP contribution in [0.2, 0.25) is 0 Å². The normalized spacial score (nSPS) is 14.5. The van der Waals surface area contributed by atoms with E-state index in [9.17, 15) is 13.2 Å². The van der Waals surface area contributed by atoms with E-state index in [1.54, 1.807) is 13.0 Å². The lowest BCUT2D eigenvalue weighted by molar-refractivity contribution is 0.0945. The lowest BCUT2D eigenvalue weighted by Crippen LogP contribution is -2.32. The average Bonchev–Trinajstić information content (AvgIpc) is 2.91. The minimum absolute atomic E-state index is 0.0422. The quantitative estimate of drug-likeness (QED) is 0.865. The zero-order valence-electron chi connectivity index (χ0n) is 11.9. The highest BCUT2D eigenvalue weighted by atomic mass is 32.2. The van der Waals surface area contributed by atoms with Crippen molar-refractivity contribution in [3.8, 4) is 0 Å². The number of aromatic nitrogens is 1. The van der Waals surface area contributed by atoms with Crippen LogP contribution in [-0.2, 0) is 23.0 Å². The summed E-state index contributed by atoms with van der Waals surface area (Å²) in [6, 6.07) is 4.57. The van der Waals surface area contributed by atoms with E-state index in [0.717, 1.165) is 5.56 Å². The molecule has 7 nitrogen and oxygen atoms in total. The number of amides is 1. The van der Waals surface area contributed by atoms with Gasteiger partial charge in [-0.1, -0.05) is 6.07 Å². The predicted molar refractivity (Wildman–Crippen MR) is 77.7 cm³/mol. The molecule has 8 heteroatoms. The van der Waals surface area contributed by atoms with E-state index in [1.807, 2.05) is 0 Å². The van der Waals surface area contributed by atoms with Crippen molar-refractivity contribution < 1.29 is 17.6 Å². The monoisotopic (exact) mass is 321 g/mol. The zero-order valence-corrected chi connectivity index (χ0v) is 12.7. The molecule has 0 fully saturated rings. The van der Waals surface area contributed by atoms with Gasteiger partial charge in [-0.15, -0.1) is 0 Å². The zero-order chi connectivity index (χ0) is 15.7. The number of carbonyl (C=O) groups is 1. The molecular formula is C14H15N3O4S. The van der Waals surface area contributed by atoms with Gasteiger partial charge in [0, 0.05) is 12.1 Å². The first-order valence-corrected chi connectivity index (χ1v) is 8.26. The molecule has 0 unspecified atom stereocenters. The van der Waals surface area contributed by atoms with E-state index >= 15 is 0 Å². The van der Waals surface area contributed by atoms with Crippen LogP contribution in [0.3, 0.4) is 0 Å². The Morgan fingerprint density at radius 2 is 2.23 bits per heavy atom. The summed E-state index contributed by atoms with van der Waals surface area (Å²) >= 11 is 0. The summed E-state index contributed by atoms with van der Waals surface area (Å²) < 4.78 is 32.2. The first-order chi connectivity index (χ1) is 10.5. The van der Waals surface area contributed by atoms with Crippen LogP contribution in [0.1, 0.15) is 27.6 Å². The Hall–Kier alpha value is -2.19. The maximum atomic E-state index is 12.3.